The molecule has 3 aliphatic rings. The fourth-order valence-electron chi connectivity index (χ4n) is 8.98. The molecule has 0 radical (unpaired) electrons. The van der Waals surface area contributed by atoms with E-state index in [1.807, 2.05) is 6.08 Å². The highest BCUT2D eigenvalue weighted by Gasteiger charge is 2.51. The van der Waals surface area contributed by atoms with Gasteiger partial charge in [0.1, 0.15) is 0 Å². The molecule has 1 unspecified atom stereocenters. The van der Waals surface area contributed by atoms with E-state index in [4.69, 9.17) is 0 Å². The molecule has 0 N–H and O–H groups in total. The highest BCUT2D eigenvalue weighted by atomic mass is 15.1. The van der Waals surface area contributed by atoms with E-state index in [0.29, 0.717) is 0 Å². The SMILES string of the molecule is C=C/C=C\C1=C(C)c2ccccc2C12c1ccccc1-c1ccc(N(c3ccccc3)c3ccc4c(c3)-c3ccccc3C4(C)C)cc12. The Morgan fingerprint density at radius 1 is 0.500 bits per heavy atom. The van der Waals surface area contributed by atoms with Crippen molar-refractivity contribution in [2.75, 3.05) is 4.90 Å². The number of hydrogen-bond donors (Lipinski definition) is 0. The summed E-state index contributed by atoms with van der Waals surface area (Å²) in [5.41, 5.74) is 18.9. The van der Waals surface area contributed by atoms with E-state index in [2.05, 4.69) is 184 Å². The zero-order valence-electron chi connectivity index (χ0n) is 27.7. The van der Waals surface area contributed by atoms with Crippen LogP contribution in [-0.4, -0.2) is 0 Å². The topological polar surface area (TPSA) is 3.24 Å². The summed E-state index contributed by atoms with van der Waals surface area (Å²) in [6.07, 6.45) is 6.27. The second-order valence-electron chi connectivity index (χ2n) is 13.8. The summed E-state index contributed by atoms with van der Waals surface area (Å²) >= 11 is 0. The van der Waals surface area contributed by atoms with Gasteiger partial charge in [-0.25, -0.2) is 0 Å². The second kappa shape index (κ2) is 10.4. The maximum Gasteiger partial charge on any atom is 0.0722 e. The first-order chi connectivity index (χ1) is 23.5. The molecule has 1 atom stereocenters. The van der Waals surface area contributed by atoms with Gasteiger partial charge in [-0.05, 0) is 110 Å². The third-order valence-electron chi connectivity index (χ3n) is 11.1. The summed E-state index contributed by atoms with van der Waals surface area (Å²) in [5.74, 6) is 0. The molecule has 230 valence electrons. The number of rotatable bonds is 5. The largest absolute Gasteiger partial charge is 0.310 e. The quantitative estimate of drug-likeness (QED) is 0.174. The zero-order valence-corrected chi connectivity index (χ0v) is 27.7. The van der Waals surface area contributed by atoms with Crippen LogP contribution in [0.4, 0.5) is 17.1 Å². The fraction of sp³-hybridized carbons (Fsp3) is 0.106. The van der Waals surface area contributed by atoms with E-state index in [-0.39, 0.29) is 5.41 Å². The first-order valence-corrected chi connectivity index (χ1v) is 16.9. The molecule has 6 aromatic rings. The number of fused-ring (bicyclic) bond motifs is 10. The molecule has 0 aromatic heterocycles. The van der Waals surface area contributed by atoms with Gasteiger partial charge in [0, 0.05) is 22.5 Å². The van der Waals surface area contributed by atoms with Gasteiger partial charge in [-0.15, -0.1) is 0 Å². The molecular formula is C47H37N. The molecule has 0 saturated carbocycles. The van der Waals surface area contributed by atoms with E-state index in [0.717, 1.165) is 17.1 Å². The first kappa shape index (κ1) is 28.6. The van der Waals surface area contributed by atoms with Gasteiger partial charge < -0.3 is 4.90 Å². The van der Waals surface area contributed by atoms with Gasteiger partial charge >= 0.3 is 0 Å². The van der Waals surface area contributed by atoms with Crippen LogP contribution < -0.4 is 4.90 Å². The lowest BCUT2D eigenvalue weighted by Crippen LogP contribution is -2.27. The van der Waals surface area contributed by atoms with Crippen molar-refractivity contribution in [1.82, 2.24) is 0 Å². The molecule has 48 heavy (non-hydrogen) atoms. The molecule has 0 heterocycles. The van der Waals surface area contributed by atoms with Crippen LogP contribution in [0.1, 0.15) is 54.2 Å². The van der Waals surface area contributed by atoms with E-state index in [1.165, 1.54) is 66.8 Å². The average molecular weight is 616 g/mol. The van der Waals surface area contributed by atoms with Crippen LogP contribution in [0.5, 0.6) is 0 Å². The molecule has 0 bridgehead atoms. The molecule has 0 fully saturated rings. The third-order valence-corrected chi connectivity index (χ3v) is 11.1. The van der Waals surface area contributed by atoms with Crippen LogP contribution >= 0.6 is 0 Å². The predicted molar refractivity (Wildman–Crippen MR) is 202 cm³/mol. The molecule has 6 aromatic carbocycles. The smallest absolute Gasteiger partial charge is 0.0722 e. The van der Waals surface area contributed by atoms with Crippen molar-refractivity contribution in [3.05, 3.63) is 203 Å². The monoisotopic (exact) mass is 615 g/mol. The molecule has 0 aliphatic heterocycles. The fourth-order valence-corrected chi connectivity index (χ4v) is 8.98. The number of hydrogen-bond acceptors (Lipinski definition) is 1. The Morgan fingerprint density at radius 3 is 1.77 bits per heavy atom. The molecule has 1 spiro atoms. The molecule has 3 aliphatic carbocycles. The minimum atomic E-state index is -0.425. The van der Waals surface area contributed by atoms with Crippen LogP contribution in [0.15, 0.2) is 170 Å². The molecule has 9 rings (SSSR count). The van der Waals surface area contributed by atoms with Crippen LogP contribution in [0.2, 0.25) is 0 Å². The molecule has 1 heteroatoms. The van der Waals surface area contributed by atoms with Crippen LogP contribution in [0.25, 0.3) is 27.8 Å². The lowest BCUT2D eigenvalue weighted by Gasteiger charge is -2.33. The van der Waals surface area contributed by atoms with Crippen LogP contribution in [0.3, 0.4) is 0 Å². The molecule has 0 amide bonds. The number of benzene rings is 6. The van der Waals surface area contributed by atoms with E-state index < -0.39 is 5.41 Å². The van der Waals surface area contributed by atoms with Crippen molar-refractivity contribution in [2.45, 2.75) is 31.6 Å². The predicted octanol–water partition coefficient (Wildman–Crippen LogP) is 12.3. The van der Waals surface area contributed by atoms with Crippen LogP contribution in [-0.2, 0) is 10.8 Å². The number of nitrogens with zero attached hydrogens (tertiary/aromatic N) is 1. The second-order valence-corrected chi connectivity index (χ2v) is 13.8. The first-order valence-electron chi connectivity index (χ1n) is 16.9. The number of para-hydroxylation sites is 1. The Balaban J connectivity index is 1.31. The van der Waals surface area contributed by atoms with Gasteiger partial charge in [-0.2, -0.15) is 0 Å². The molecule has 0 saturated heterocycles. The Bertz CT molecular complexity index is 2350. The Labute approximate surface area is 283 Å². The van der Waals surface area contributed by atoms with Crippen molar-refractivity contribution in [3.63, 3.8) is 0 Å². The Morgan fingerprint density at radius 2 is 1.04 bits per heavy atom. The van der Waals surface area contributed by atoms with Crippen molar-refractivity contribution in [1.29, 1.82) is 0 Å². The summed E-state index contributed by atoms with van der Waals surface area (Å²) in [7, 11) is 0. The standard InChI is InChI=1S/C47H37N/c1-5-6-21-40-31(2)35-18-10-14-23-43(35)47(40)44-24-15-12-19-36(44)38-27-25-34(30-45(38)47)48(32-16-8-7-9-17-32)33-26-28-42-39(29-33)37-20-11-13-22-41(37)46(42,3)4/h5-30H,1H2,2-4H3/b21-6-. The van der Waals surface area contributed by atoms with Crippen LogP contribution in [0, 0.1) is 0 Å². The maximum absolute atomic E-state index is 4.04. The normalized spacial score (nSPS) is 17.6. The minimum Gasteiger partial charge on any atom is -0.310 e. The maximum atomic E-state index is 4.04. The van der Waals surface area contributed by atoms with Crippen molar-refractivity contribution >= 4 is 22.6 Å². The lowest BCUT2D eigenvalue weighted by molar-refractivity contribution is 0.660. The summed E-state index contributed by atoms with van der Waals surface area (Å²) in [5, 5.41) is 0. The molecular weight excluding hydrogens is 579 g/mol. The molecule has 1 nitrogen and oxygen atoms in total. The summed E-state index contributed by atoms with van der Waals surface area (Å²) < 4.78 is 0. The van der Waals surface area contributed by atoms with Gasteiger partial charge in [-0.1, -0.05) is 142 Å². The number of allylic oxidation sites excluding steroid dienone is 5. The Hall–Kier alpha value is -5.66. The van der Waals surface area contributed by atoms with Gasteiger partial charge in [0.25, 0.3) is 0 Å². The van der Waals surface area contributed by atoms with Crippen molar-refractivity contribution < 1.29 is 0 Å². The summed E-state index contributed by atoms with van der Waals surface area (Å²) in [4.78, 5) is 2.43. The van der Waals surface area contributed by atoms with E-state index in [9.17, 15) is 0 Å². The highest BCUT2D eigenvalue weighted by molar-refractivity contribution is 5.97. The third kappa shape index (κ3) is 3.73. The summed E-state index contributed by atoms with van der Waals surface area (Å²) in [6, 6.07) is 51.9. The van der Waals surface area contributed by atoms with Gasteiger partial charge in [-0.3, -0.25) is 0 Å². The van der Waals surface area contributed by atoms with Gasteiger partial charge in [0.05, 0.1) is 5.41 Å². The van der Waals surface area contributed by atoms with Gasteiger partial charge in [0.15, 0.2) is 0 Å². The van der Waals surface area contributed by atoms with Crippen molar-refractivity contribution in [2.24, 2.45) is 0 Å². The lowest BCUT2D eigenvalue weighted by atomic mass is 9.69. The highest BCUT2D eigenvalue weighted by Crippen LogP contribution is 2.63. The Kier molecular flexibility index (Phi) is 6.20. The van der Waals surface area contributed by atoms with Crippen molar-refractivity contribution in [3.8, 4) is 22.3 Å². The summed E-state index contributed by atoms with van der Waals surface area (Å²) in [6.45, 7) is 11.0. The van der Waals surface area contributed by atoms with E-state index >= 15 is 0 Å². The van der Waals surface area contributed by atoms with E-state index in [1.54, 1.807) is 0 Å². The van der Waals surface area contributed by atoms with Gasteiger partial charge in [0.2, 0.25) is 0 Å². The average Bonchev–Trinajstić information content (AvgIpc) is 3.65. The number of anilines is 3. The zero-order chi connectivity index (χ0) is 32.6. The minimum absolute atomic E-state index is 0.0385.